The molecule has 0 atom stereocenters. The number of nitrogens with zero attached hydrogens (tertiary/aromatic N) is 2. The Kier molecular flexibility index (Phi) is 5.43. The normalized spacial score (nSPS) is 15.1. The molecule has 1 fully saturated rings. The minimum atomic E-state index is -0.0897. The van der Waals surface area contributed by atoms with Crippen LogP contribution in [0.2, 0.25) is 0 Å². The number of aromatic nitrogens is 1. The first kappa shape index (κ1) is 16.4. The molecule has 1 aliphatic rings. The van der Waals surface area contributed by atoms with E-state index in [1.54, 1.807) is 17.3 Å². The Morgan fingerprint density at radius 1 is 1.21 bits per heavy atom. The quantitative estimate of drug-likeness (QED) is 0.895. The summed E-state index contributed by atoms with van der Waals surface area (Å²) in [4.78, 5) is 30.2. The van der Waals surface area contributed by atoms with E-state index in [1.807, 2.05) is 29.6 Å². The average Bonchev–Trinajstić information content (AvgIpc) is 3.13. The molecule has 3 amide bonds. The molecule has 2 aromatic rings. The van der Waals surface area contributed by atoms with Gasteiger partial charge in [-0.05, 0) is 48.1 Å². The molecule has 0 saturated carbocycles. The largest absolute Gasteiger partial charge is 0.352 e. The number of urea groups is 1. The standard InChI is InChI=1S/C17H20N4O2S/c22-16(19-12-13-3-7-18-8-4-13)14-5-9-21(10-6-14)17(23)20-15-2-1-11-24-15/h1-4,7-8,11,14H,5-6,9-10,12H2,(H,19,22)(H,20,23). The van der Waals surface area contributed by atoms with Crippen molar-refractivity contribution in [2.24, 2.45) is 5.92 Å². The van der Waals surface area contributed by atoms with Gasteiger partial charge in [0.05, 0.1) is 5.00 Å². The molecule has 1 saturated heterocycles. The first-order chi connectivity index (χ1) is 11.7. The maximum Gasteiger partial charge on any atom is 0.322 e. The number of pyridine rings is 1. The van der Waals surface area contributed by atoms with E-state index >= 15 is 0 Å². The van der Waals surface area contributed by atoms with Gasteiger partial charge in [-0.1, -0.05) is 0 Å². The lowest BCUT2D eigenvalue weighted by molar-refractivity contribution is -0.126. The highest BCUT2D eigenvalue weighted by Gasteiger charge is 2.27. The van der Waals surface area contributed by atoms with Crippen LogP contribution in [-0.2, 0) is 11.3 Å². The van der Waals surface area contributed by atoms with Crippen molar-refractivity contribution in [2.45, 2.75) is 19.4 Å². The molecule has 24 heavy (non-hydrogen) atoms. The highest BCUT2D eigenvalue weighted by molar-refractivity contribution is 7.14. The Labute approximate surface area is 144 Å². The van der Waals surface area contributed by atoms with Gasteiger partial charge in [-0.2, -0.15) is 0 Å². The fraction of sp³-hybridized carbons (Fsp3) is 0.353. The molecule has 0 bridgehead atoms. The van der Waals surface area contributed by atoms with Gasteiger partial charge in [0.25, 0.3) is 0 Å². The Morgan fingerprint density at radius 3 is 2.62 bits per heavy atom. The van der Waals surface area contributed by atoms with Crippen molar-refractivity contribution in [2.75, 3.05) is 18.4 Å². The van der Waals surface area contributed by atoms with Crippen molar-refractivity contribution in [1.82, 2.24) is 15.2 Å². The Hall–Kier alpha value is -2.41. The van der Waals surface area contributed by atoms with Crippen LogP contribution in [0.4, 0.5) is 9.80 Å². The van der Waals surface area contributed by atoms with Crippen molar-refractivity contribution in [3.63, 3.8) is 0 Å². The van der Waals surface area contributed by atoms with Gasteiger partial charge in [-0.3, -0.25) is 15.1 Å². The fourth-order valence-electron chi connectivity index (χ4n) is 2.71. The molecule has 126 valence electrons. The Morgan fingerprint density at radius 2 is 1.96 bits per heavy atom. The molecule has 0 aliphatic carbocycles. The van der Waals surface area contributed by atoms with Crippen LogP contribution in [0.15, 0.2) is 42.0 Å². The molecular weight excluding hydrogens is 324 g/mol. The summed E-state index contributed by atoms with van der Waals surface area (Å²) in [6.45, 7) is 1.72. The number of nitrogens with one attached hydrogen (secondary N) is 2. The topological polar surface area (TPSA) is 74.3 Å². The number of carbonyl (C=O) groups excluding carboxylic acids is 2. The SMILES string of the molecule is O=C(NCc1ccncc1)C1CCN(C(=O)Nc2cccs2)CC1. The van der Waals surface area contributed by atoms with Crippen LogP contribution in [0.5, 0.6) is 0 Å². The van der Waals surface area contributed by atoms with Gasteiger partial charge in [0, 0.05) is 37.9 Å². The number of thiophene rings is 1. The van der Waals surface area contributed by atoms with Gasteiger partial charge in [0.15, 0.2) is 0 Å². The highest BCUT2D eigenvalue weighted by atomic mass is 32.1. The molecule has 6 nitrogen and oxygen atoms in total. The molecule has 1 aliphatic heterocycles. The van der Waals surface area contributed by atoms with Gasteiger partial charge in [0.1, 0.15) is 0 Å². The van der Waals surface area contributed by atoms with Crippen molar-refractivity contribution in [3.8, 4) is 0 Å². The summed E-state index contributed by atoms with van der Waals surface area (Å²) in [7, 11) is 0. The highest BCUT2D eigenvalue weighted by Crippen LogP contribution is 2.20. The van der Waals surface area contributed by atoms with E-state index in [-0.39, 0.29) is 17.9 Å². The zero-order valence-electron chi connectivity index (χ0n) is 13.3. The molecule has 0 aromatic carbocycles. The smallest absolute Gasteiger partial charge is 0.322 e. The molecule has 3 rings (SSSR count). The molecular formula is C17H20N4O2S. The molecule has 3 heterocycles. The maximum absolute atomic E-state index is 12.3. The number of anilines is 1. The molecule has 0 spiro atoms. The second-order valence-electron chi connectivity index (χ2n) is 5.74. The minimum Gasteiger partial charge on any atom is -0.352 e. The number of amides is 3. The average molecular weight is 344 g/mol. The van der Waals surface area contributed by atoms with E-state index in [9.17, 15) is 9.59 Å². The van der Waals surface area contributed by atoms with Crippen molar-refractivity contribution >= 4 is 28.3 Å². The van der Waals surface area contributed by atoms with Crippen LogP contribution in [0.3, 0.4) is 0 Å². The minimum absolute atomic E-state index is 0.0300. The van der Waals surface area contributed by atoms with Crippen molar-refractivity contribution in [3.05, 3.63) is 47.6 Å². The van der Waals surface area contributed by atoms with Gasteiger partial charge in [0.2, 0.25) is 5.91 Å². The summed E-state index contributed by atoms with van der Waals surface area (Å²) in [5.41, 5.74) is 1.03. The van der Waals surface area contributed by atoms with Crippen LogP contribution in [0.1, 0.15) is 18.4 Å². The number of hydrogen-bond acceptors (Lipinski definition) is 4. The third kappa shape index (κ3) is 4.32. The number of piperidine rings is 1. The van der Waals surface area contributed by atoms with E-state index in [0.717, 1.165) is 10.6 Å². The van der Waals surface area contributed by atoms with Crippen LogP contribution < -0.4 is 10.6 Å². The van der Waals surface area contributed by atoms with Crippen LogP contribution in [0, 0.1) is 5.92 Å². The first-order valence-electron chi connectivity index (χ1n) is 7.98. The lowest BCUT2D eigenvalue weighted by Gasteiger charge is -2.31. The van der Waals surface area contributed by atoms with E-state index < -0.39 is 0 Å². The number of carbonyl (C=O) groups is 2. The Bertz CT molecular complexity index is 667. The molecule has 0 radical (unpaired) electrons. The lowest BCUT2D eigenvalue weighted by atomic mass is 9.96. The molecule has 2 N–H and O–H groups in total. The van der Waals surface area contributed by atoms with Crippen LogP contribution in [0.25, 0.3) is 0 Å². The van der Waals surface area contributed by atoms with Gasteiger partial charge in [-0.15, -0.1) is 11.3 Å². The summed E-state index contributed by atoms with van der Waals surface area (Å²) in [6.07, 6.45) is 4.82. The third-order valence-electron chi connectivity index (χ3n) is 4.12. The van der Waals surface area contributed by atoms with Crippen molar-refractivity contribution < 1.29 is 9.59 Å². The summed E-state index contributed by atoms with van der Waals surface area (Å²) >= 11 is 1.50. The summed E-state index contributed by atoms with van der Waals surface area (Å²) in [6, 6.07) is 7.46. The van der Waals surface area contributed by atoms with Gasteiger partial charge >= 0.3 is 6.03 Å². The van der Waals surface area contributed by atoms with Crippen molar-refractivity contribution in [1.29, 1.82) is 0 Å². The van der Waals surface area contributed by atoms with E-state index in [2.05, 4.69) is 15.6 Å². The summed E-state index contributed by atoms with van der Waals surface area (Å²) in [5, 5.41) is 8.62. The predicted molar refractivity (Wildman–Crippen MR) is 93.7 cm³/mol. The van der Waals surface area contributed by atoms with E-state index in [1.165, 1.54) is 11.3 Å². The fourth-order valence-corrected chi connectivity index (χ4v) is 3.32. The summed E-state index contributed by atoms with van der Waals surface area (Å²) in [5.74, 6) is 0.0303. The maximum atomic E-state index is 12.3. The summed E-state index contributed by atoms with van der Waals surface area (Å²) < 4.78 is 0. The Balaban J connectivity index is 1.42. The predicted octanol–water partition coefficient (Wildman–Crippen LogP) is 2.70. The van der Waals surface area contributed by atoms with Crippen LogP contribution >= 0.6 is 11.3 Å². The first-order valence-corrected chi connectivity index (χ1v) is 8.86. The number of likely N-dealkylation sites (tertiary alicyclic amines) is 1. The van der Waals surface area contributed by atoms with E-state index in [0.29, 0.717) is 32.5 Å². The molecule has 0 unspecified atom stereocenters. The van der Waals surface area contributed by atoms with Gasteiger partial charge < -0.3 is 10.2 Å². The number of rotatable bonds is 4. The third-order valence-corrected chi connectivity index (χ3v) is 4.91. The zero-order chi connectivity index (χ0) is 16.8. The zero-order valence-corrected chi connectivity index (χ0v) is 14.1. The second kappa shape index (κ2) is 7.92. The van der Waals surface area contributed by atoms with Crippen LogP contribution in [-0.4, -0.2) is 34.9 Å². The second-order valence-corrected chi connectivity index (χ2v) is 6.69. The number of hydrogen-bond donors (Lipinski definition) is 2. The van der Waals surface area contributed by atoms with E-state index in [4.69, 9.17) is 0 Å². The lowest BCUT2D eigenvalue weighted by Crippen LogP contribution is -2.44. The van der Waals surface area contributed by atoms with Gasteiger partial charge in [-0.25, -0.2) is 4.79 Å². The monoisotopic (exact) mass is 344 g/mol. The molecule has 7 heteroatoms. The molecule has 2 aromatic heterocycles.